The summed E-state index contributed by atoms with van der Waals surface area (Å²) in [5.74, 6) is -0.217. The van der Waals surface area contributed by atoms with E-state index in [4.69, 9.17) is 28.9 Å². The second-order valence-electron chi connectivity index (χ2n) is 3.16. The molecule has 0 aliphatic rings. The second kappa shape index (κ2) is 5.35. The van der Waals surface area contributed by atoms with E-state index in [1.54, 1.807) is 25.2 Å². The second-order valence-corrected chi connectivity index (χ2v) is 4.00. The molecule has 0 saturated heterocycles. The van der Waals surface area contributed by atoms with E-state index < -0.39 is 6.04 Å². The molecule has 82 valence electrons. The number of hydrogen-bond acceptors (Lipinski definition) is 2. The van der Waals surface area contributed by atoms with Crippen LogP contribution in [0.25, 0.3) is 0 Å². The molecule has 0 aromatic heterocycles. The number of likely N-dealkylation sites (N-methyl/N-ethyl adjacent to an activating group) is 1. The first kappa shape index (κ1) is 12.3. The number of rotatable bonds is 3. The number of hydrogen-bond donors (Lipinski definition) is 2. The van der Waals surface area contributed by atoms with Crippen molar-refractivity contribution in [1.29, 1.82) is 0 Å². The number of benzene rings is 1. The highest BCUT2D eigenvalue weighted by molar-refractivity contribution is 6.33. The zero-order valence-corrected chi connectivity index (χ0v) is 9.77. The molecular weight excluding hydrogens is 235 g/mol. The first-order valence-electron chi connectivity index (χ1n) is 4.45. The monoisotopic (exact) mass is 246 g/mol. The zero-order valence-electron chi connectivity index (χ0n) is 8.26. The quantitative estimate of drug-likeness (QED) is 0.852. The molecule has 0 saturated carbocycles. The van der Waals surface area contributed by atoms with E-state index in [0.29, 0.717) is 16.5 Å². The molecule has 3 nitrogen and oxygen atoms in total. The molecule has 0 fully saturated rings. The third-order valence-electron chi connectivity index (χ3n) is 2.03. The molecule has 0 spiro atoms. The Morgan fingerprint density at radius 3 is 2.80 bits per heavy atom. The lowest BCUT2D eigenvalue weighted by atomic mass is 10.1. The van der Waals surface area contributed by atoms with Crippen LogP contribution in [-0.4, -0.2) is 19.0 Å². The van der Waals surface area contributed by atoms with Crippen molar-refractivity contribution in [2.24, 2.45) is 5.73 Å². The zero-order chi connectivity index (χ0) is 11.4. The van der Waals surface area contributed by atoms with E-state index in [2.05, 4.69) is 5.32 Å². The summed E-state index contributed by atoms with van der Waals surface area (Å²) in [6.45, 7) is 0. The largest absolute Gasteiger partial charge is 0.358 e. The van der Waals surface area contributed by atoms with Gasteiger partial charge in [0.05, 0.1) is 6.04 Å². The summed E-state index contributed by atoms with van der Waals surface area (Å²) in [6, 6.07) is 4.49. The van der Waals surface area contributed by atoms with Crippen LogP contribution < -0.4 is 11.1 Å². The van der Waals surface area contributed by atoms with Crippen LogP contribution in [0.2, 0.25) is 10.0 Å². The van der Waals surface area contributed by atoms with Gasteiger partial charge in [-0.05, 0) is 30.2 Å². The fourth-order valence-corrected chi connectivity index (χ4v) is 1.60. The number of carbonyl (C=O) groups excluding carboxylic acids is 1. The number of nitrogens with one attached hydrogen (secondary N) is 1. The average Bonchev–Trinajstić information content (AvgIpc) is 2.22. The van der Waals surface area contributed by atoms with Crippen molar-refractivity contribution in [3.63, 3.8) is 0 Å². The molecule has 0 aliphatic carbocycles. The van der Waals surface area contributed by atoms with Crippen molar-refractivity contribution in [3.05, 3.63) is 33.8 Å². The van der Waals surface area contributed by atoms with Crippen LogP contribution in [0.5, 0.6) is 0 Å². The Morgan fingerprint density at radius 1 is 1.53 bits per heavy atom. The average molecular weight is 247 g/mol. The van der Waals surface area contributed by atoms with E-state index in [1.165, 1.54) is 0 Å². The maximum atomic E-state index is 11.2. The summed E-state index contributed by atoms with van der Waals surface area (Å²) in [7, 11) is 1.54. The van der Waals surface area contributed by atoms with E-state index in [0.717, 1.165) is 5.56 Å². The topological polar surface area (TPSA) is 55.1 Å². The summed E-state index contributed by atoms with van der Waals surface area (Å²) >= 11 is 11.8. The summed E-state index contributed by atoms with van der Waals surface area (Å²) < 4.78 is 0. The van der Waals surface area contributed by atoms with Gasteiger partial charge in [-0.3, -0.25) is 4.79 Å². The molecule has 5 heteroatoms. The fourth-order valence-electron chi connectivity index (χ4n) is 1.21. The van der Waals surface area contributed by atoms with E-state index in [-0.39, 0.29) is 5.91 Å². The van der Waals surface area contributed by atoms with Crippen molar-refractivity contribution in [2.45, 2.75) is 12.5 Å². The fraction of sp³-hybridized carbons (Fsp3) is 0.300. The molecule has 15 heavy (non-hydrogen) atoms. The van der Waals surface area contributed by atoms with Crippen molar-refractivity contribution in [3.8, 4) is 0 Å². The van der Waals surface area contributed by atoms with Gasteiger partial charge in [0.15, 0.2) is 0 Å². The van der Waals surface area contributed by atoms with Gasteiger partial charge in [0.2, 0.25) is 5.91 Å². The maximum Gasteiger partial charge on any atom is 0.237 e. The Balaban J connectivity index is 2.80. The summed E-state index contributed by atoms with van der Waals surface area (Å²) in [5, 5.41) is 3.63. The number of amides is 1. The minimum absolute atomic E-state index is 0.217. The first-order chi connectivity index (χ1) is 7.04. The highest BCUT2D eigenvalue weighted by Crippen LogP contribution is 2.21. The van der Waals surface area contributed by atoms with Crippen LogP contribution in [0, 0.1) is 0 Å². The van der Waals surface area contributed by atoms with Gasteiger partial charge < -0.3 is 11.1 Å². The molecule has 0 bridgehead atoms. The molecular formula is C10H12Cl2N2O. The minimum Gasteiger partial charge on any atom is -0.358 e. The number of nitrogens with two attached hydrogens (primary N) is 1. The normalized spacial score (nSPS) is 12.3. The highest BCUT2D eigenvalue weighted by Gasteiger charge is 2.14. The van der Waals surface area contributed by atoms with Gasteiger partial charge in [-0.15, -0.1) is 0 Å². The Hall–Kier alpha value is -0.770. The van der Waals surface area contributed by atoms with Gasteiger partial charge in [0, 0.05) is 17.1 Å². The van der Waals surface area contributed by atoms with Crippen LogP contribution in [0.4, 0.5) is 0 Å². The van der Waals surface area contributed by atoms with Gasteiger partial charge in [-0.1, -0.05) is 23.2 Å². The van der Waals surface area contributed by atoms with Gasteiger partial charge >= 0.3 is 0 Å². The smallest absolute Gasteiger partial charge is 0.237 e. The Bertz CT molecular complexity index is 368. The SMILES string of the molecule is CNC(=O)C(N)Cc1cc(Cl)ccc1Cl. The predicted octanol–water partition coefficient (Wildman–Crippen LogP) is 1.61. The lowest BCUT2D eigenvalue weighted by Gasteiger charge is -2.11. The van der Waals surface area contributed by atoms with Crippen LogP contribution in [0.3, 0.4) is 0 Å². The lowest BCUT2D eigenvalue weighted by Crippen LogP contribution is -2.40. The third-order valence-corrected chi connectivity index (χ3v) is 2.63. The molecule has 1 aromatic carbocycles. The van der Waals surface area contributed by atoms with Crippen LogP contribution >= 0.6 is 23.2 Å². The summed E-state index contributed by atoms with van der Waals surface area (Å²) in [4.78, 5) is 11.2. The molecule has 0 aliphatic heterocycles. The van der Waals surface area contributed by atoms with Crippen molar-refractivity contribution >= 4 is 29.1 Å². The Morgan fingerprint density at radius 2 is 2.20 bits per heavy atom. The van der Waals surface area contributed by atoms with Gasteiger partial charge in [-0.2, -0.15) is 0 Å². The molecule has 1 rings (SSSR count). The number of carbonyl (C=O) groups is 1. The van der Waals surface area contributed by atoms with Crippen LogP contribution in [0.15, 0.2) is 18.2 Å². The standard InChI is InChI=1S/C10H12Cl2N2O/c1-14-10(15)9(13)5-6-4-7(11)2-3-8(6)12/h2-4,9H,5,13H2,1H3,(H,14,15). The van der Waals surface area contributed by atoms with Gasteiger partial charge in [0.1, 0.15) is 0 Å². The Labute approximate surface area is 98.5 Å². The molecule has 0 heterocycles. The maximum absolute atomic E-state index is 11.2. The van der Waals surface area contributed by atoms with Crippen molar-refractivity contribution < 1.29 is 4.79 Å². The third kappa shape index (κ3) is 3.38. The molecule has 1 unspecified atom stereocenters. The Kier molecular flexibility index (Phi) is 4.39. The van der Waals surface area contributed by atoms with Crippen molar-refractivity contribution in [2.75, 3.05) is 7.05 Å². The van der Waals surface area contributed by atoms with E-state index >= 15 is 0 Å². The lowest BCUT2D eigenvalue weighted by molar-refractivity contribution is -0.121. The van der Waals surface area contributed by atoms with Gasteiger partial charge in [0.25, 0.3) is 0 Å². The molecule has 0 radical (unpaired) electrons. The van der Waals surface area contributed by atoms with Crippen LogP contribution in [-0.2, 0) is 11.2 Å². The molecule has 3 N–H and O–H groups in total. The van der Waals surface area contributed by atoms with Crippen molar-refractivity contribution in [1.82, 2.24) is 5.32 Å². The summed E-state index contributed by atoms with van der Waals surface area (Å²) in [6.07, 6.45) is 0.374. The minimum atomic E-state index is -0.606. The van der Waals surface area contributed by atoms with E-state index in [1.807, 2.05) is 0 Å². The predicted molar refractivity (Wildman–Crippen MR) is 62.2 cm³/mol. The van der Waals surface area contributed by atoms with Gasteiger partial charge in [-0.25, -0.2) is 0 Å². The first-order valence-corrected chi connectivity index (χ1v) is 5.21. The molecule has 1 aromatic rings. The summed E-state index contributed by atoms with van der Waals surface area (Å²) in [5.41, 5.74) is 6.44. The molecule has 1 amide bonds. The molecule has 1 atom stereocenters. The highest BCUT2D eigenvalue weighted by atomic mass is 35.5. The number of halogens is 2. The van der Waals surface area contributed by atoms with E-state index in [9.17, 15) is 4.79 Å². The van der Waals surface area contributed by atoms with Crippen LogP contribution in [0.1, 0.15) is 5.56 Å².